The second kappa shape index (κ2) is 11.9. The maximum absolute atomic E-state index is 13.3. The summed E-state index contributed by atoms with van der Waals surface area (Å²) in [5.41, 5.74) is 2.36. The lowest BCUT2D eigenvalue weighted by atomic mass is 10.0. The first-order valence-electron chi connectivity index (χ1n) is 12.9. The van der Waals surface area contributed by atoms with Crippen molar-refractivity contribution in [3.63, 3.8) is 0 Å². The molecule has 0 aliphatic carbocycles. The van der Waals surface area contributed by atoms with Crippen molar-refractivity contribution in [1.82, 2.24) is 4.90 Å². The molecule has 1 aliphatic rings. The number of carbonyl (C=O) groups is 1. The standard InChI is InChI=1S/C29H43NO2SSi/c1-21(2)34(22(3)4,23(5)6)32-26-15-13-25(14-16-26)29(31)24(7)30-19-17-28(18-20-30)33-27-11-9-8-10-12-27/h8-16,21-24,28H,17-20H2,1-7H3. The molecule has 3 rings (SSSR count). The van der Waals surface area contributed by atoms with Crippen molar-refractivity contribution in [3.8, 4) is 5.75 Å². The zero-order valence-electron chi connectivity index (χ0n) is 22.1. The predicted octanol–water partition coefficient (Wildman–Crippen LogP) is 8.07. The van der Waals surface area contributed by atoms with Crippen molar-refractivity contribution >= 4 is 25.9 Å². The minimum atomic E-state index is -1.99. The third-order valence-electron chi connectivity index (χ3n) is 7.59. The van der Waals surface area contributed by atoms with Crippen LogP contribution in [0.25, 0.3) is 0 Å². The summed E-state index contributed by atoms with van der Waals surface area (Å²) in [6.45, 7) is 17.8. The Kier molecular flexibility index (Phi) is 9.47. The van der Waals surface area contributed by atoms with Gasteiger partial charge in [0.25, 0.3) is 8.32 Å². The molecule has 1 atom stereocenters. The molecule has 1 heterocycles. The molecule has 34 heavy (non-hydrogen) atoms. The van der Waals surface area contributed by atoms with Crippen LogP contribution in [0.5, 0.6) is 5.75 Å². The fraction of sp³-hybridized carbons (Fsp3) is 0.552. The average molecular weight is 498 g/mol. The van der Waals surface area contributed by atoms with Gasteiger partial charge in [-0.15, -0.1) is 11.8 Å². The van der Waals surface area contributed by atoms with Crippen LogP contribution < -0.4 is 4.43 Å². The molecule has 0 amide bonds. The largest absolute Gasteiger partial charge is 0.543 e. The van der Waals surface area contributed by atoms with Gasteiger partial charge in [-0.3, -0.25) is 9.69 Å². The molecule has 5 heteroatoms. The van der Waals surface area contributed by atoms with Crippen LogP contribution in [0.15, 0.2) is 59.5 Å². The number of nitrogens with zero attached hydrogens (tertiary/aromatic N) is 1. The van der Waals surface area contributed by atoms with E-state index < -0.39 is 8.32 Å². The van der Waals surface area contributed by atoms with E-state index in [4.69, 9.17) is 4.43 Å². The van der Waals surface area contributed by atoms with E-state index in [0.717, 1.165) is 37.2 Å². The first-order valence-corrected chi connectivity index (χ1v) is 16.0. The Hall–Kier alpha value is -1.56. The van der Waals surface area contributed by atoms with Crippen molar-refractivity contribution in [1.29, 1.82) is 0 Å². The summed E-state index contributed by atoms with van der Waals surface area (Å²) in [6.07, 6.45) is 2.24. The number of piperidine rings is 1. The second-order valence-corrected chi connectivity index (χ2v) is 17.4. The molecule has 2 aromatic carbocycles. The number of ketones is 1. The lowest BCUT2D eigenvalue weighted by Crippen LogP contribution is -2.50. The number of likely N-dealkylation sites (tertiary alicyclic amines) is 1. The quantitative estimate of drug-likeness (QED) is 0.245. The summed E-state index contributed by atoms with van der Waals surface area (Å²) < 4.78 is 6.77. The van der Waals surface area contributed by atoms with Gasteiger partial charge in [0, 0.05) is 15.7 Å². The van der Waals surface area contributed by atoms with Crippen molar-refractivity contribution in [2.75, 3.05) is 13.1 Å². The van der Waals surface area contributed by atoms with Gasteiger partial charge in [-0.25, -0.2) is 0 Å². The molecular weight excluding hydrogens is 454 g/mol. The molecule has 1 unspecified atom stereocenters. The minimum Gasteiger partial charge on any atom is -0.543 e. The average Bonchev–Trinajstić information content (AvgIpc) is 2.82. The highest BCUT2D eigenvalue weighted by Gasteiger charge is 2.47. The van der Waals surface area contributed by atoms with Crippen molar-refractivity contribution < 1.29 is 9.22 Å². The predicted molar refractivity (Wildman–Crippen MR) is 149 cm³/mol. The first kappa shape index (κ1) is 27.0. The van der Waals surface area contributed by atoms with Crippen LogP contribution in [0.4, 0.5) is 0 Å². The SMILES string of the molecule is CC(C(=O)c1ccc(O[Si](C(C)C)(C(C)C)C(C)C)cc1)N1CCC(Sc2ccccc2)CC1. The van der Waals surface area contributed by atoms with E-state index in [1.54, 1.807) is 0 Å². The van der Waals surface area contributed by atoms with E-state index in [1.807, 2.05) is 36.0 Å². The third-order valence-corrected chi connectivity index (χ3v) is 14.9. The maximum atomic E-state index is 13.3. The normalized spacial score (nSPS) is 16.9. The van der Waals surface area contributed by atoms with Gasteiger partial charge in [0.15, 0.2) is 5.78 Å². The van der Waals surface area contributed by atoms with Crippen LogP contribution in [-0.2, 0) is 0 Å². The van der Waals surface area contributed by atoms with Crippen LogP contribution in [0.3, 0.4) is 0 Å². The summed E-state index contributed by atoms with van der Waals surface area (Å²) in [7, 11) is -1.99. The van der Waals surface area contributed by atoms with Gasteiger partial charge in [0.1, 0.15) is 5.75 Å². The summed E-state index contributed by atoms with van der Waals surface area (Å²) in [6, 6.07) is 18.5. The van der Waals surface area contributed by atoms with Crippen molar-refractivity contribution in [2.45, 2.75) is 94.1 Å². The van der Waals surface area contributed by atoms with Crippen molar-refractivity contribution in [2.24, 2.45) is 0 Å². The molecule has 2 aromatic rings. The van der Waals surface area contributed by atoms with Gasteiger partial charge in [-0.2, -0.15) is 0 Å². The Balaban J connectivity index is 1.60. The van der Waals surface area contributed by atoms with Crippen molar-refractivity contribution in [3.05, 3.63) is 60.2 Å². The summed E-state index contributed by atoms with van der Waals surface area (Å²) in [5.74, 6) is 1.12. The van der Waals surface area contributed by atoms with Gasteiger partial charge in [0.2, 0.25) is 0 Å². The third kappa shape index (κ3) is 6.16. The zero-order valence-corrected chi connectivity index (χ0v) is 23.9. The molecule has 1 saturated heterocycles. The van der Waals surface area contributed by atoms with Gasteiger partial charge in [-0.1, -0.05) is 59.7 Å². The van der Waals surface area contributed by atoms with Crippen LogP contribution in [0.2, 0.25) is 16.6 Å². The van der Waals surface area contributed by atoms with Gasteiger partial charge in [-0.05, 0) is 85.9 Å². The molecule has 0 aromatic heterocycles. The number of hydrogen-bond acceptors (Lipinski definition) is 4. The molecule has 186 valence electrons. The molecule has 0 N–H and O–H groups in total. The van der Waals surface area contributed by atoms with Gasteiger partial charge < -0.3 is 4.43 Å². The molecule has 1 aliphatic heterocycles. The number of thioether (sulfide) groups is 1. The second-order valence-electron chi connectivity index (χ2n) is 10.7. The van der Waals surface area contributed by atoms with E-state index in [-0.39, 0.29) is 11.8 Å². The highest BCUT2D eigenvalue weighted by molar-refractivity contribution is 8.00. The number of carbonyl (C=O) groups excluding carboxylic acids is 1. The zero-order chi connectivity index (χ0) is 24.9. The monoisotopic (exact) mass is 497 g/mol. The topological polar surface area (TPSA) is 29.5 Å². The molecule has 0 bridgehead atoms. The lowest BCUT2D eigenvalue weighted by molar-refractivity contribution is 0.0811. The number of Topliss-reactive ketones (excluding diaryl/α,β-unsaturated/α-hetero) is 1. The first-order chi connectivity index (χ1) is 16.1. The number of rotatable bonds is 10. The van der Waals surface area contributed by atoms with Gasteiger partial charge >= 0.3 is 0 Å². The number of hydrogen-bond donors (Lipinski definition) is 0. The highest BCUT2D eigenvalue weighted by Crippen LogP contribution is 2.42. The van der Waals surface area contributed by atoms with Gasteiger partial charge in [0.05, 0.1) is 6.04 Å². The summed E-state index contributed by atoms with van der Waals surface area (Å²) in [4.78, 5) is 16.9. The maximum Gasteiger partial charge on any atom is 0.258 e. The van der Waals surface area contributed by atoms with E-state index in [1.165, 1.54) is 4.90 Å². The Bertz CT molecular complexity index is 884. The van der Waals surface area contributed by atoms with E-state index >= 15 is 0 Å². The molecule has 0 saturated carbocycles. The summed E-state index contributed by atoms with van der Waals surface area (Å²) in [5, 5.41) is 0.629. The van der Waals surface area contributed by atoms with E-state index in [0.29, 0.717) is 21.9 Å². The van der Waals surface area contributed by atoms with Crippen LogP contribution in [0, 0.1) is 0 Å². The molecular formula is C29H43NO2SSi. The highest BCUT2D eigenvalue weighted by atomic mass is 32.2. The Morgan fingerprint density at radius 1 is 0.853 bits per heavy atom. The Morgan fingerprint density at radius 3 is 1.88 bits per heavy atom. The Labute approximate surface area is 212 Å². The van der Waals surface area contributed by atoms with Crippen LogP contribution in [-0.4, -0.2) is 43.4 Å². The number of benzene rings is 2. The Morgan fingerprint density at radius 2 is 1.38 bits per heavy atom. The molecule has 0 radical (unpaired) electrons. The minimum absolute atomic E-state index is 0.0927. The van der Waals surface area contributed by atoms with E-state index in [9.17, 15) is 4.79 Å². The molecule has 0 spiro atoms. The smallest absolute Gasteiger partial charge is 0.258 e. The molecule has 3 nitrogen and oxygen atoms in total. The van der Waals surface area contributed by atoms with Crippen LogP contribution >= 0.6 is 11.8 Å². The van der Waals surface area contributed by atoms with Crippen LogP contribution in [0.1, 0.15) is 71.7 Å². The lowest BCUT2D eigenvalue weighted by Gasteiger charge is -2.42. The van der Waals surface area contributed by atoms with E-state index in [2.05, 4.69) is 83.7 Å². The fourth-order valence-electron chi connectivity index (χ4n) is 5.72. The fourth-order valence-corrected chi connectivity index (χ4v) is 12.1. The summed E-state index contributed by atoms with van der Waals surface area (Å²) >= 11 is 1.97. The molecule has 1 fully saturated rings.